The van der Waals surface area contributed by atoms with Gasteiger partial charge in [-0.1, -0.05) is 32.9 Å². The van der Waals surface area contributed by atoms with Crippen molar-refractivity contribution in [2.75, 3.05) is 14.2 Å². The van der Waals surface area contributed by atoms with Crippen LogP contribution in [0.5, 0.6) is 11.6 Å². The van der Waals surface area contributed by atoms with Crippen LogP contribution in [0.1, 0.15) is 62.2 Å². The van der Waals surface area contributed by atoms with Gasteiger partial charge in [0.05, 0.1) is 31.9 Å². The van der Waals surface area contributed by atoms with Crippen molar-refractivity contribution in [1.82, 2.24) is 24.1 Å². The summed E-state index contributed by atoms with van der Waals surface area (Å²) in [4.78, 5) is 14.2. The first-order valence-corrected chi connectivity index (χ1v) is 12.1. The molecule has 182 valence electrons. The smallest absolute Gasteiger partial charge is 0.238 e. The fraction of sp³-hybridized carbons (Fsp3) is 0.393. The summed E-state index contributed by atoms with van der Waals surface area (Å²) in [5.41, 5.74) is 6.00. The first kappa shape index (κ1) is 23.1. The van der Waals surface area contributed by atoms with Gasteiger partial charge in [-0.05, 0) is 48.9 Å². The van der Waals surface area contributed by atoms with Gasteiger partial charge in [-0.3, -0.25) is 0 Å². The molecule has 0 N–H and O–H groups in total. The van der Waals surface area contributed by atoms with Crippen LogP contribution < -0.4 is 9.47 Å². The molecule has 0 saturated carbocycles. The van der Waals surface area contributed by atoms with Crippen LogP contribution in [-0.2, 0) is 12.0 Å². The highest BCUT2D eigenvalue weighted by atomic mass is 16.5. The van der Waals surface area contributed by atoms with Crippen LogP contribution in [-0.4, -0.2) is 38.3 Å². The third-order valence-electron chi connectivity index (χ3n) is 6.77. The molecule has 1 aromatic carbocycles. The van der Waals surface area contributed by atoms with E-state index in [0.717, 1.165) is 53.7 Å². The summed E-state index contributed by atoms with van der Waals surface area (Å²) >= 11 is 0. The summed E-state index contributed by atoms with van der Waals surface area (Å²) in [6.45, 7) is 9.64. The Balaban J connectivity index is 1.55. The van der Waals surface area contributed by atoms with Crippen molar-refractivity contribution in [2.45, 2.75) is 58.4 Å². The van der Waals surface area contributed by atoms with Crippen molar-refractivity contribution < 1.29 is 9.47 Å². The third kappa shape index (κ3) is 4.31. The molecule has 0 saturated heterocycles. The fourth-order valence-electron chi connectivity index (χ4n) is 4.85. The number of hydrogen-bond donors (Lipinski definition) is 0. The van der Waals surface area contributed by atoms with E-state index in [0.29, 0.717) is 5.88 Å². The molecular formula is C28H33N5O2. The fourth-order valence-corrected chi connectivity index (χ4v) is 4.85. The molecule has 0 fully saturated rings. The lowest BCUT2D eigenvalue weighted by Gasteiger charge is -2.27. The SMILES string of the molecule is COc1ccc(C(C)(C)C)cc1C1CCCn2cc(-c3ccc(-n4cnc(C)c4)c(OC)n3)nc21. The molecule has 1 aliphatic rings. The average molecular weight is 472 g/mol. The Morgan fingerprint density at radius 1 is 0.971 bits per heavy atom. The molecule has 0 aliphatic carbocycles. The summed E-state index contributed by atoms with van der Waals surface area (Å²) in [5, 5.41) is 0. The normalized spacial score (nSPS) is 15.7. The van der Waals surface area contributed by atoms with Crippen LogP contribution in [0.15, 0.2) is 49.1 Å². The van der Waals surface area contributed by atoms with Gasteiger partial charge in [-0.25, -0.2) is 15.0 Å². The number of imidazole rings is 2. The van der Waals surface area contributed by atoms with Crippen LogP contribution in [0, 0.1) is 6.92 Å². The highest BCUT2D eigenvalue weighted by Gasteiger charge is 2.29. The van der Waals surface area contributed by atoms with Crippen LogP contribution >= 0.6 is 0 Å². The molecule has 1 atom stereocenters. The highest BCUT2D eigenvalue weighted by molar-refractivity contribution is 5.59. The van der Waals surface area contributed by atoms with E-state index in [1.807, 2.05) is 29.8 Å². The number of aromatic nitrogens is 5. The van der Waals surface area contributed by atoms with Gasteiger partial charge in [0.2, 0.25) is 5.88 Å². The number of methoxy groups -OCH3 is 2. The van der Waals surface area contributed by atoms with Gasteiger partial charge >= 0.3 is 0 Å². The zero-order valence-corrected chi connectivity index (χ0v) is 21.4. The van der Waals surface area contributed by atoms with E-state index < -0.39 is 0 Å². The highest BCUT2D eigenvalue weighted by Crippen LogP contribution is 2.40. The summed E-state index contributed by atoms with van der Waals surface area (Å²) in [5.74, 6) is 2.69. The Hall–Kier alpha value is -3.61. The monoisotopic (exact) mass is 471 g/mol. The van der Waals surface area contributed by atoms with Crippen molar-refractivity contribution in [3.05, 3.63) is 71.7 Å². The number of nitrogens with zero attached hydrogens (tertiary/aromatic N) is 5. The summed E-state index contributed by atoms with van der Waals surface area (Å²) in [7, 11) is 3.39. The van der Waals surface area contributed by atoms with E-state index in [9.17, 15) is 0 Å². The number of pyridine rings is 1. The molecule has 35 heavy (non-hydrogen) atoms. The molecule has 1 aliphatic heterocycles. The summed E-state index contributed by atoms with van der Waals surface area (Å²) in [6.07, 6.45) is 7.97. The number of ether oxygens (including phenoxy) is 2. The van der Waals surface area contributed by atoms with E-state index in [1.54, 1.807) is 20.5 Å². The number of benzene rings is 1. The van der Waals surface area contributed by atoms with Crippen LogP contribution in [0.2, 0.25) is 0 Å². The van der Waals surface area contributed by atoms with Gasteiger partial charge in [-0.2, -0.15) is 0 Å². The third-order valence-corrected chi connectivity index (χ3v) is 6.77. The molecule has 3 aromatic heterocycles. The lowest BCUT2D eigenvalue weighted by Crippen LogP contribution is -2.18. The first-order valence-electron chi connectivity index (χ1n) is 12.1. The number of aryl methyl sites for hydroxylation is 2. The average Bonchev–Trinajstić information content (AvgIpc) is 3.48. The van der Waals surface area contributed by atoms with Gasteiger partial charge < -0.3 is 18.6 Å². The Bertz CT molecular complexity index is 1360. The molecule has 7 nitrogen and oxygen atoms in total. The molecule has 0 spiro atoms. The van der Waals surface area contributed by atoms with Gasteiger partial charge in [0.1, 0.15) is 23.0 Å². The Kier molecular flexibility index (Phi) is 5.87. The van der Waals surface area contributed by atoms with Crippen molar-refractivity contribution in [2.24, 2.45) is 0 Å². The Morgan fingerprint density at radius 3 is 2.49 bits per heavy atom. The van der Waals surface area contributed by atoms with Gasteiger partial charge in [0, 0.05) is 30.4 Å². The second-order valence-electron chi connectivity index (χ2n) is 10.2. The topological polar surface area (TPSA) is 67.0 Å². The van der Waals surface area contributed by atoms with Crippen LogP contribution in [0.25, 0.3) is 17.1 Å². The largest absolute Gasteiger partial charge is 0.496 e. The number of hydrogen-bond acceptors (Lipinski definition) is 5. The van der Waals surface area contributed by atoms with Crippen LogP contribution in [0.4, 0.5) is 0 Å². The zero-order chi connectivity index (χ0) is 24.7. The van der Waals surface area contributed by atoms with E-state index in [4.69, 9.17) is 19.4 Å². The molecule has 4 heterocycles. The van der Waals surface area contributed by atoms with Gasteiger partial charge in [-0.15, -0.1) is 0 Å². The first-order chi connectivity index (χ1) is 16.8. The van der Waals surface area contributed by atoms with Crippen molar-refractivity contribution in [3.8, 4) is 28.7 Å². The molecule has 0 bridgehead atoms. The predicted octanol–water partition coefficient (Wildman–Crippen LogP) is 5.68. The van der Waals surface area contributed by atoms with Crippen LogP contribution in [0.3, 0.4) is 0 Å². The lowest BCUT2D eigenvalue weighted by molar-refractivity contribution is 0.396. The van der Waals surface area contributed by atoms with Crippen molar-refractivity contribution in [3.63, 3.8) is 0 Å². The minimum atomic E-state index is 0.0618. The van der Waals surface area contributed by atoms with E-state index in [1.165, 1.54) is 11.1 Å². The Labute approximate surface area is 206 Å². The molecule has 1 unspecified atom stereocenters. The second kappa shape index (κ2) is 8.87. The molecule has 5 rings (SSSR count). The number of fused-ring (bicyclic) bond motifs is 1. The van der Waals surface area contributed by atoms with Crippen molar-refractivity contribution >= 4 is 0 Å². The number of rotatable bonds is 5. The Morgan fingerprint density at radius 2 is 1.80 bits per heavy atom. The molecule has 7 heteroatoms. The van der Waals surface area contributed by atoms with Gasteiger partial charge in [0.25, 0.3) is 0 Å². The molecule has 0 amide bonds. The minimum absolute atomic E-state index is 0.0618. The van der Waals surface area contributed by atoms with E-state index in [-0.39, 0.29) is 11.3 Å². The molecule has 0 radical (unpaired) electrons. The zero-order valence-electron chi connectivity index (χ0n) is 21.4. The standard InChI is InChI=1S/C28H33N5O2/c1-18-15-33(17-29-18)24-11-10-22(31-27(24)35-6)23-16-32-13-7-8-20(26(32)30-23)21-14-19(28(2,3)4)9-12-25(21)34-5/h9-12,14-17,20H,7-8,13H2,1-6H3. The van der Waals surface area contributed by atoms with Gasteiger partial charge in [0.15, 0.2) is 0 Å². The molecule has 4 aromatic rings. The van der Waals surface area contributed by atoms with E-state index in [2.05, 4.69) is 54.7 Å². The summed E-state index contributed by atoms with van der Waals surface area (Å²) < 4.78 is 15.6. The quantitative estimate of drug-likeness (QED) is 0.375. The van der Waals surface area contributed by atoms with E-state index >= 15 is 0 Å². The molecular weight excluding hydrogens is 438 g/mol. The second-order valence-corrected chi connectivity index (χ2v) is 10.2. The maximum absolute atomic E-state index is 5.79. The minimum Gasteiger partial charge on any atom is -0.496 e. The predicted molar refractivity (Wildman–Crippen MR) is 137 cm³/mol. The maximum atomic E-state index is 5.79. The van der Waals surface area contributed by atoms with Crippen molar-refractivity contribution in [1.29, 1.82) is 0 Å². The lowest BCUT2D eigenvalue weighted by atomic mass is 9.82. The maximum Gasteiger partial charge on any atom is 0.238 e. The summed E-state index contributed by atoms with van der Waals surface area (Å²) in [6, 6.07) is 10.6.